The van der Waals surface area contributed by atoms with Crippen LogP contribution >= 0.6 is 0 Å². The molecule has 3 aromatic heterocycles. The second-order valence-corrected chi connectivity index (χ2v) is 7.06. The molecule has 1 N–H and O–H groups in total. The van der Waals surface area contributed by atoms with Crippen molar-refractivity contribution in [2.75, 3.05) is 6.54 Å². The second-order valence-electron chi connectivity index (χ2n) is 7.06. The maximum Gasteiger partial charge on any atom is 0.266 e. The third kappa shape index (κ3) is 4.42. The van der Waals surface area contributed by atoms with Gasteiger partial charge in [-0.3, -0.25) is 9.59 Å². The lowest BCUT2D eigenvalue weighted by molar-refractivity contribution is 0.0951. The highest BCUT2D eigenvalue weighted by Crippen LogP contribution is 2.16. The average molecular weight is 419 g/mol. The molecule has 31 heavy (non-hydrogen) atoms. The van der Waals surface area contributed by atoms with Gasteiger partial charge in [-0.2, -0.15) is 10.1 Å². The Hall–Kier alpha value is -4.08. The van der Waals surface area contributed by atoms with Crippen LogP contribution in [0.25, 0.3) is 17.2 Å². The van der Waals surface area contributed by atoms with E-state index in [1.54, 1.807) is 41.9 Å². The van der Waals surface area contributed by atoms with Crippen LogP contribution in [0.2, 0.25) is 0 Å². The number of aryl methyl sites for hydroxylation is 3. The van der Waals surface area contributed by atoms with E-state index in [-0.39, 0.29) is 24.6 Å². The number of nitrogens with zero attached hydrogens (tertiary/aromatic N) is 6. The SMILES string of the molecule is Cc1cc(C)n(-c2ccc(=O)n(CCNC(=O)c3ccc(-c4noc(C)n4)cc3)n2)n1. The highest BCUT2D eigenvalue weighted by atomic mass is 16.5. The number of hydrogen-bond acceptors (Lipinski definition) is 7. The number of hydrogen-bond donors (Lipinski definition) is 1. The minimum atomic E-state index is -0.251. The molecular weight excluding hydrogens is 398 g/mol. The Bertz CT molecular complexity index is 1290. The summed E-state index contributed by atoms with van der Waals surface area (Å²) in [5, 5.41) is 15.4. The summed E-state index contributed by atoms with van der Waals surface area (Å²) in [6.45, 7) is 6.01. The number of aromatic nitrogens is 6. The van der Waals surface area contributed by atoms with Crippen molar-refractivity contribution in [3.8, 4) is 17.2 Å². The van der Waals surface area contributed by atoms with Gasteiger partial charge in [-0.15, -0.1) is 5.10 Å². The lowest BCUT2D eigenvalue weighted by Crippen LogP contribution is -2.32. The van der Waals surface area contributed by atoms with E-state index in [1.165, 1.54) is 10.7 Å². The molecule has 0 saturated heterocycles. The Morgan fingerprint density at radius 3 is 2.48 bits per heavy atom. The maximum absolute atomic E-state index is 12.4. The Balaban J connectivity index is 1.40. The second kappa shape index (κ2) is 8.34. The van der Waals surface area contributed by atoms with Crippen LogP contribution < -0.4 is 10.9 Å². The molecule has 0 aliphatic carbocycles. The first-order chi connectivity index (χ1) is 14.9. The Kier molecular flexibility index (Phi) is 5.44. The van der Waals surface area contributed by atoms with Gasteiger partial charge in [0.15, 0.2) is 5.82 Å². The highest BCUT2D eigenvalue weighted by molar-refractivity contribution is 5.94. The molecule has 10 heteroatoms. The molecule has 158 valence electrons. The molecule has 4 rings (SSSR count). The van der Waals surface area contributed by atoms with Crippen LogP contribution in [0.3, 0.4) is 0 Å². The van der Waals surface area contributed by atoms with Crippen molar-refractivity contribution in [1.29, 1.82) is 0 Å². The van der Waals surface area contributed by atoms with E-state index >= 15 is 0 Å². The van der Waals surface area contributed by atoms with Crippen LogP contribution in [0.15, 0.2) is 51.8 Å². The summed E-state index contributed by atoms with van der Waals surface area (Å²) >= 11 is 0. The van der Waals surface area contributed by atoms with Crippen molar-refractivity contribution >= 4 is 5.91 Å². The van der Waals surface area contributed by atoms with Crippen LogP contribution in [0.4, 0.5) is 0 Å². The van der Waals surface area contributed by atoms with Crippen molar-refractivity contribution in [2.24, 2.45) is 0 Å². The summed E-state index contributed by atoms with van der Waals surface area (Å²) < 4.78 is 7.96. The first-order valence-corrected chi connectivity index (χ1v) is 9.71. The molecule has 0 unspecified atom stereocenters. The van der Waals surface area contributed by atoms with Crippen LogP contribution in [0, 0.1) is 20.8 Å². The minimum absolute atomic E-state index is 0.234. The van der Waals surface area contributed by atoms with E-state index in [0.29, 0.717) is 23.1 Å². The molecule has 0 spiro atoms. The van der Waals surface area contributed by atoms with E-state index in [2.05, 4.69) is 25.7 Å². The molecule has 0 atom stereocenters. The molecule has 0 saturated carbocycles. The van der Waals surface area contributed by atoms with Crippen molar-refractivity contribution in [2.45, 2.75) is 27.3 Å². The summed E-state index contributed by atoms with van der Waals surface area (Å²) in [5.41, 5.74) is 2.78. The van der Waals surface area contributed by atoms with E-state index in [4.69, 9.17) is 4.52 Å². The summed E-state index contributed by atoms with van der Waals surface area (Å²) in [6.07, 6.45) is 0. The molecule has 0 aliphatic rings. The van der Waals surface area contributed by atoms with Gasteiger partial charge >= 0.3 is 0 Å². The molecule has 4 aromatic rings. The van der Waals surface area contributed by atoms with Gasteiger partial charge in [0, 0.05) is 36.4 Å². The Morgan fingerprint density at radius 2 is 1.84 bits per heavy atom. The third-order valence-electron chi connectivity index (χ3n) is 4.62. The number of carbonyl (C=O) groups excluding carboxylic acids is 1. The van der Waals surface area contributed by atoms with Crippen LogP contribution in [0.1, 0.15) is 27.6 Å². The van der Waals surface area contributed by atoms with Gasteiger partial charge in [-0.25, -0.2) is 9.36 Å². The van der Waals surface area contributed by atoms with E-state index in [1.807, 2.05) is 19.9 Å². The van der Waals surface area contributed by atoms with Gasteiger partial charge in [0.2, 0.25) is 11.7 Å². The molecule has 10 nitrogen and oxygen atoms in total. The zero-order valence-corrected chi connectivity index (χ0v) is 17.4. The van der Waals surface area contributed by atoms with Crippen molar-refractivity contribution in [3.05, 3.63) is 75.7 Å². The normalized spacial score (nSPS) is 10.9. The molecule has 1 aromatic carbocycles. The number of amides is 1. The van der Waals surface area contributed by atoms with Gasteiger partial charge in [-0.05, 0) is 38.1 Å². The first-order valence-electron chi connectivity index (χ1n) is 9.71. The quantitative estimate of drug-likeness (QED) is 0.506. The summed E-state index contributed by atoms with van der Waals surface area (Å²) in [7, 11) is 0. The fourth-order valence-electron chi connectivity index (χ4n) is 3.14. The molecule has 0 aliphatic heterocycles. The monoisotopic (exact) mass is 419 g/mol. The largest absolute Gasteiger partial charge is 0.350 e. The van der Waals surface area contributed by atoms with Gasteiger partial charge in [0.25, 0.3) is 11.5 Å². The van der Waals surface area contributed by atoms with Crippen LogP contribution in [-0.2, 0) is 6.54 Å². The first kappa shape index (κ1) is 20.2. The van der Waals surface area contributed by atoms with Crippen LogP contribution in [-0.4, -0.2) is 42.2 Å². The van der Waals surface area contributed by atoms with Gasteiger partial charge in [0.1, 0.15) is 0 Å². The smallest absolute Gasteiger partial charge is 0.266 e. The summed E-state index contributed by atoms with van der Waals surface area (Å²) in [6, 6.07) is 11.9. The number of rotatable bonds is 6. The van der Waals surface area contributed by atoms with E-state index in [9.17, 15) is 9.59 Å². The highest BCUT2D eigenvalue weighted by Gasteiger charge is 2.10. The lowest BCUT2D eigenvalue weighted by Gasteiger charge is -2.09. The fraction of sp³-hybridized carbons (Fsp3) is 0.238. The van der Waals surface area contributed by atoms with Gasteiger partial charge in [-0.1, -0.05) is 17.3 Å². The Morgan fingerprint density at radius 1 is 1.06 bits per heavy atom. The lowest BCUT2D eigenvalue weighted by atomic mass is 10.1. The standard InChI is InChI=1S/C21H21N7O3/c1-13-12-14(2)28(24-13)18-8-9-19(29)27(25-18)11-10-22-21(30)17-6-4-16(5-7-17)20-23-15(3)31-26-20/h4-9,12H,10-11H2,1-3H3,(H,22,30). The fourth-order valence-corrected chi connectivity index (χ4v) is 3.14. The topological polar surface area (TPSA) is 121 Å². The van der Waals surface area contributed by atoms with Gasteiger partial charge in [0.05, 0.1) is 12.2 Å². The summed E-state index contributed by atoms with van der Waals surface area (Å²) in [5.74, 6) is 1.24. The number of benzene rings is 1. The van der Waals surface area contributed by atoms with Gasteiger partial charge < -0.3 is 9.84 Å². The maximum atomic E-state index is 12.4. The van der Waals surface area contributed by atoms with Crippen molar-refractivity contribution in [3.63, 3.8) is 0 Å². The molecule has 0 fully saturated rings. The average Bonchev–Trinajstić information content (AvgIpc) is 3.34. The molecule has 0 bridgehead atoms. The predicted octanol–water partition coefficient (Wildman–Crippen LogP) is 1.83. The van der Waals surface area contributed by atoms with Crippen molar-refractivity contribution in [1.82, 2.24) is 35.0 Å². The zero-order chi connectivity index (χ0) is 22.0. The number of carbonyl (C=O) groups is 1. The third-order valence-corrected chi connectivity index (χ3v) is 4.62. The summed E-state index contributed by atoms with van der Waals surface area (Å²) in [4.78, 5) is 28.7. The number of nitrogens with one attached hydrogen (secondary N) is 1. The van der Waals surface area contributed by atoms with Crippen molar-refractivity contribution < 1.29 is 9.32 Å². The van der Waals surface area contributed by atoms with Crippen LogP contribution in [0.5, 0.6) is 0 Å². The van der Waals surface area contributed by atoms with E-state index in [0.717, 1.165) is 17.0 Å². The zero-order valence-electron chi connectivity index (χ0n) is 17.4. The minimum Gasteiger partial charge on any atom is -0.350 e. The molecular formula is C21H21N7O3. The Labute approximate surface area is 177 Å². The molecule has 3 heterocycles. The van der Waals surface area contributed by atoms with E-state index < -0.39 is 0 Å². The molecule has 0 radical (unpaired) electrons. The molecule has 1 amide bonds. The predicted molar refractivity (Wildman–Crippen MR) is 112 cm³/mol.